The summed E-state index contributed by atoms with van der Waals surface area (Å²) in [6.45, 7) is 9.44. The fourth-order valence-electron chi connectivity index (χ4n) is 2.14. The first-order valence-electron chi connectivity index (χ1n) is 7.73. The summed E-state index contributed by atoms with van der Waals surface area (Å²) in [5.41, 5.74) is 2.06. The lowest BCUT2D eigenvalue weighted by atomic mass is 9.86. The van der Waals surface area contributed by atoms with E-state index in [-0.39, 0.29) is 20.8 Å². The van der Waals surface area contributed by atoms with E-state index < -0.39 is 16.1 Å². The van der Waals surface area contributed by atoms with E-state index in [9.17, 15) is 13.2 Å². The van der Waals surface area contributed by atoms with Gasteiger partial charge in [-0.2, -0.15) is 0 Å². The summed E-state index contributed by atoms with van der Waals surface area (Å²) in [4.78, 5) is 11.0. The number of anilines is 1. The lowest BCUT2D eigenvalue weighted by molar-refractivity contribution is -0.114. The Morgan fingerprint density at radius 1 is 1.16 bits per heavy atom. The summed E-state index contributed by atoms with van der Waals surface area (Å²) < 4.78 is 27.2. The minimum atomic E-state index is -3.82. The van der Waals surface area contributed by atoms with Crippen LogP contribution in [0.1, 0.15) is 51.8 Å². The molecule has 9 heteroatoms. The van der Waals surface area contributed by atoms with Gasteiger partial charge < -0.3 is 5.32 Å². The van der Waals surface area contributed by atoms with Crippen molar-refractivity contribution in [3.05, 3.63) is 35.4 Å². The van der Waals surface area contributed by atoms with Crippen LogP contribution in [-0.2, 0) is 20.2 Å². The summed E-state index contributed by atoms with van der Waals surface area (Å²) in [5, 5.41) is 9.86. The lowest BCUT2D eigenvalue weighted by Crippen LogP contribution is -2.27. The Labute approximate surface area is 151 Å². The first-order chi connectivity index (χ1) is 11.5. The topological polar surface area (TPSA) is 101 Å². The van der Waals surface area contributed by atoms with Crippen LogP contribution in [0.3, 0.4) is 0 Å². The SMILES string of the molecule is CC(=O)Nc1nnc(S(=O)(=O)N[C@H](C)c2ccc(C(C)(C)C)cc2)s1. The normalized spacial score (nSPS) is 13.5. The highest BCUT2D eigenvalue weighted by molar-refractivity contribution is 7.91. The van der Waals surface area contributed by atoms with Crippen LogP contribution in [0.15, 0.2) is 28.6 Å². The van der Waals surface area contributed by atoms with Crippen molar-refractivity contribution < 1.29 is 13.2 Å². The number of amides is 1. The third-order valence-electron chi connectivity index (χ3n) is 3.53. The number of nitrogens with one attached hydrogen (secondary N) is 2. The standard InChI is InChI=1S/C16H22N4O3S2/c1-10(12-6-8-13(9-7-12)16(3,4)5)20-25(22,23)15-19-18-14(24-15)17-11(2)21/h6-10,20H,1-5H3,(H,17,18,21)/t10-/m1/s1. The molecule has 2 rings (SSSR count). The highest BCUT2D eigenvalue weighted by atomic mass is 32.2. The zero-order valence-corrected chi connectivity index (χ0v) is 16.5. The zero-order chi connectivity index (χ0) is 18.8. The fraction of sp³-hybridized carbons (Fsp3) is 0.438. The minimum Gasteiger partial charge on any atom is -0.301 e. The Bertz CT molecular complexity index is 852. The average Bonchev–Trinajstić information content (AvgIpc) is 2.94. The molecule has 0 aliphatic rings. The molecule has 0 saturated carbocycles. The maximum atomic E-state index is 12.4. The second kappa shape index (κ2) is 7.19. The Morgan fingerprint density at radius 3 is 2.28 bits per heavy atom. The van der Waals surface area contributed by atoms with Gasteiger partial charge >= 0.3 is 0 Å². The van der Waals surface area contributed by atoms with Gasteiger partial charge in [-0.05, 0) is 23.5 Å². The Kier molecular flexibility index (Phi) is 5.60. The number of rotatable bonds is 5. The second-order valence-electron chi connectivity index (χ2n) is 6.77. The maximum Gasteiger partial charge on any atom is 0.270 e. The van der Waals surface area contributed by atoms with Crippen LogP contribution in [0.25, 0.3) is 0 Å². The van der Waals surface area contributed by atoms with E-state index >= 15 is 0 Å². The van der Waals surface area contributed by atoms with Gasteiger partial charge in [-0.1, -0.05) is 56.4 Å². The van der Waals surface area contributed by atoms with Gasteiger partial charge in [-0.25, -0.2) is 13.1 Å². The van der Waals surface area contributed by atoms with Gasteiger partial charge in [0.15, 0.2) is 0 Å². The summed E-state index contributed by atoms with van der Waals surface area (Å²) in [6.07, 6.45) is 0. The van der Waals surface area contributed by atoms with Crippen molar-refractivity contribution in [1.29, 1.82) is 0 Å². The number of hydrogen-bond acceptors (Lipinski definition) is 6. The molecule has 1 aromatic heterocycles. The van der Waals surface area contributed by atoms with Crippen molar-refractivity contribution in [2.45, 2.75) is 50.4 Å². The molecule has 0 bridgehead atoms. The van der Waals surface area contributed by atoms with Gasteiger partial charge in [-0.3, -0.25) is 4.79 Å². The molecule has 136 valence electrons. The van der Waals surface area contributed by atoms with Crippen LogP contribution in [0.2, 0.25) is 0 Å². The number of carbonyl (C=O) groups excluding carboxylic acids is 1. The van der Waals surface area contributed by atoms with E-state index in [4.69, 9.17) is 0 Å². The third kappa shape index (κ3) is 5.07. The number of nitrogens with zero attached hydrogens (tertiary/aromatic N) is 2. The van der Waals surface area contributed by atoms with E-state index in [1.807, 2.05) is 24.3 Å². The molecule has 0 spiro atoms. The number of benzene rings is 1. The first kappa shape index (κ1) is 19.5. The molecule has 1 atom stereocenters. The van der Waals surface area contributed by atoms with E-state index in [0.717, 1.165) is 16.9 Å². The van der Waals surface area contributed by atoms with Gasteiger partial charge in [0.1, 0.15) is 0 Å². The summed E-state index contributed by atoms with van der Waals surface area (Å²) in [7, 11) is -3.82. The summed E-state index contributed by atoms with van der Waals surface area (Å²) >= 11 is 0.807. The molecule has 1 heterocycles. The van der Waals surface area contributed by atoms with Crippen LogP contribution in [0.5, 0.6) is 0 Å². The average molecular weight is 383 g/mol. The molecule has 2 N–H and O–H groups in total. The van der Waals surface area contributed by atoms with Crippen LogP contribution < -0.4 is 10.0 Å². The molecule has 1 amide bonds. The van der Waals surface area contributed by atoms with Gasteiger partial charge in [0, 0.05) is 13.0 Å². The van der Waals surface area contributed by atoms with Crippen LogP contribution >= 0.6 is 11.3 Å². The summed E-state index contributed by atoms with van der Waals surface area (Å²) in [6, 6.07) is 7.40. The number of hydrogen-bond donors (Lipinski definition) is 2. The lowest BCUT2D eigenvalue weighted by Gasteiger charge is -2.20. The van der Waals surface area contributed by atoms with E-state index in [2.05, 4.69) is 41.0 Å². The van der Waals surface area contributed by atoms with Crippen LogP contribution in [-0.4, -0.2) is 24.5 Å². The molecular weight excluding hydrogens is 360 g/mol. The highest BCUT2D eigenvalue weighted by Crippen LogP contribution is 2.25. The quantitative estimate of drug-likeness (QED) is 0.775. The van der Waals surface area contributed by atoms with Gasteiger partial charge in [0.25, 0.3) is 10.0 Å². The number of aromatic nitrogens is 2. The molecule has 2 aromatic rings. The van der Waals surface area contributed by atoms with Crippen LogP contribution in [0.4, 0.5) is 5.13 Å². The van der Waals surface area contributed by atoms with E-state index in [0.29, 0.717) is 0 Å². The summed E-state index contributed by atoms with van der Waals surface area (Å²) in [5.74, 6) is -0.333. The smallest absolute Gasteiger partial charge is 0.270 e. The number of carbonyl (C=O) groups is 1. The molecule has 25 heavy (non-hydrogen) atoms. The Hall–Kier alpha value is -1.84. The van der Waals surface area contributed by atoms with Crippen molar-refractivity contribution in [1.82, 2.24) is 14.9 Å². The Balaban J connectivity index is 2.14. The fourth-order valence-corrected chi connectivity index (χ4v) is 4.34. The van der Waals surface area contributed by atoms with Crippen molar-refractivity contribution >= 4 is 32.4 Å². The predicted molar refractivity (Wildman–Crippen MR) is 98.1 cm³/mol. The molecule has 0 aliphatic heterocycles. The van der Waals surface area contributed by atoms with Crippen molar-refractivity contribution in [3.8, 4) is 0 Å². The van der Waals surface area contributed by atoms with Crippen molar-refractivity contribution in [3.63, 3.8) is 0 Å². The van der Waals surface area contributed by atoms with Crippen molar-refractivity contribution in [2.24, 2.45) is 0 Å². The second-order valence-corrected chi connectivity index (χ2v) is 9.63. The van der Waals surface area contributed by atoms with E-state index in [1.165, 1.54) is 12.5 Å². The molecular formula is C16H22N4O3S2. The molecule has 0 unspecified atom stereocenters. The van der Waals surface area contributed by atoms with Crippen molar-refractivity contribution in [2.75, 3.05) is 5.32 Å². The largest absolute Gasteiger partial charge is 0.301 e. The van der Waals surface area contributed by atoms with Crippen LogP contribution in [0, 0.1) is 0 Å². The van der Waals surface area contributed by atoms with E-state index in [1.54, 1.807) is 6.92 Å². The number of sulfonamides is 1. The van der Waals surface area contributed by atoms with Gasteiger partial charge in [-0.15, -0.1) is 10.2 Å². The molecule has 0 aliphatic carbocycles. The maximum absolute atomic E-state index is 12.4. The minimum absolute atomic E-state index is 0.0357. The highest BCUT2D eigenvalue weighted by Gasteiger charge is 2.24. The molecule has 0 radical (unpaired) electrons. The Morgan fingerprint density at radius 2 is 1.76 bits per heavy atom. The molecule has 7 nitrogen and oxygen atoms in total. The van der Waals surface area contributed by atoms with Gasteiger partial charge in [0.2, 0.25) is 15.4 Å². The van der Waals surface area contributed by atoms with Gasteiger partial charge in [0.05, 0.1) is 0 Å². The zero-order valence-electron chi connectivity index (χ0n) is 14.8. The predicted octanol–water partition coefficient (Wildman–Crippen LogP) is 2.83. The monoisotopic (exact) mass is 382 g/mol. The third-order valence-corrected chi connectivity index (χ3v) is 6.27. The first-order valence-corrected chi connectivity index (χ1v) is 10.0. The molecule has 0 saturated heterocycles. The molecule has 0 fully saturated rings. The molecule has 1 aromatic carbocycles.